The predicted octanol–water partition coefficient (Wildman–Crippen LogP) is 5.83. The summed E-state index contributed by atoms with van der Waals surface area (Å²) in [6.45, 7) is 1.90. The van der Waals surface area contributed by atoms with E-state index in [1.165, 1.54) is 6.33 Å². The molecule has 2 aromatic carbocycles. The molecule has 0 aliphatic rings. The highest BCUT2D eigenvalue weighted by molar-refractivity contribution is 7.90. The first-order valence-electron chi connectivity index (χ1n) is 11.6. The molecule has 0 radical (unpaired) electrons. The number of aryl methyl sites for hydroxylation is 1. The topological polar surface area (TPSA) is 133 Å². The monoisotopic (exact) mass is 549 g/mol. The van der Waals surface area contributed by atoms with Crippen LogP contribution in [0.5, 0.6) is 11.5 Å². The lowest BCUT2D eigenvalue weighted by Gasteiger charge is -2.12. The Morgan fingerprint density at radius 3 is 2.63 bits per heavy atom. The second-order valence-corrected chi connectivity index (χ2v) is 11.5. The summed E-state index contributed by atoms with van der Waals surface area (Å²) in [5, 5.41) is 4.47. The van der Waals surface area contributed by atoms with Gasteiger partial charge >= 0.3 is 0 Å². The molecule has 5 rings (SSSR count). The van der Waals surface area contributed by atoms with Crippen LogP contribution >= 0.6 is 11.6 Å². The van der Waals surface area contributed by atoms with Crippen LogP contribution in [0.1, 0.15) is 17.5 Å². The molecule has 9 nitrogen and oxygen atoms in total. The Kier molecular flexibility index (Phi) is 7.02. The first-order valence-corrected chi connectivity index (χ1v) is 14.0. The molecule has 3 heterocycles. The molecule has 0 amide bonds. The van der Waals surface area contributed by atoms with Gasteiger partial charge in [-0.3, -0.25) is 4.98 Å². The Bertz CT molecular complexity index is 1720. The van der Waals surface area contributed by atoms with Crippen molar-refractivity contribution in [3.05, 3.63) is 89.7 Å². The average Bonchev–Trinajstić information content (AvgIpc) is 3.37. The van der Waals surface area contributed by atoms with E-state index in [0.717, 1.165) is 28.4 Å². The van der Waals surface area contributed by atoms with Gasteiger partial charge in [0.1, 0.15) is 45.0 Å². The third kappa shape index (κ3) is 5.94. The number of furan rings is 1. The van der Waals surface area contributed by atoms with Crippen LogP contribution in [0.15, 0.2) is 77.6 Å². The van der Waals surface area contributed by atoms with Crippen molar-refractivity contribution >= 4 is 43.8 Å². The van der Waals surface area contributed by atoms with Gasteiger partial charge in [-0.15, -0.1) is 0 Å². The highest BCUT2D eigenvalue weighted by Crippen LogP contribution is 2.34. The molecule has 194 valence electrons. The first kappa shape index (κ1) is 25.7. The summed E-state index contributed by atoms with van der Waals surface area (Å²) in [4.78, 5) is 13.0. The zero-order valence-electron chi connectivity index (χ0n) is 20.6. The van der Waals surface area contributed by atoms with Gasteiger partial charge in [-0.25, -0.2) is 18.4 Å². The van der Waals surface area contributed by atoms with E-state index >= 15 is 0 Å². The number of nitrogens with one attached hydrogen (secondary N) is 1. The summed E-state index contributed by atoms with van der Waals surface area (Å²) in [6, 6.07) is 17.4. The summed E-state index contributed by atoms with van der Waals surface area (Å²) in [6.07, 6.45) is 4.26. The van der Waals surface area contributed by atoms with Crippen molar-refractivity contribution in [2.24, 2.45) is 5.73 Å². The molecule has 0 aliphatic carbocycles. The van der Waals surface area contributed by atoms with Crippen LogP contribution in [0.3, 0.4) is 0 Å². The van der Waals surface area contributed by atoms with Gasteiger partial charge in [0.15, 0.2) is 0 Å². The van der Waals surface area contributed by atoms with Crippen molar-refractivity contribution < 1.29 is 17.6 Å². The molecule has 0 saturated carbocycles. The summed E-state index contributed by atoms with van der Waals surface area (Å²) in [5.41, 5.74) is 9.12. The first-order chi connectivity index (χ1) is 18.1. The molecule has 5 aromatic rings. The molecule has 3 aromatic heterocycles. The van der Waals surface area contributed by atoms with Gasteiger partial charge < -0.3 is 20.2 Å². The van der Waals surface area contributed by atoms with Crippen molar-refractivity contribution in [3.8, 4) is 22.8 Å². The van der Waals surface area contributed by atoms with E-state index in [9.17, 15) is 8.42 Å². The van der Waals surface area contributed by atoms with Gasteiger partial charge in [0.2, 0.25) is 0 Å². The van der Waals surface area contributed by atoms with E-state index in [4.69, 9.17) is 26.5 Å². The lowest BCUT2D eigenvalue weighted by atomic mass is 10.1. The van der Waals surface area contributed by atoms with Crippen LogP contribution < -0.4 is 15.8 Å². The molecule has 0 aliphatic heterocycles. The number of rotatable bonds is 8. The van der Waals surface area contributed by atoms with Crippen molar-refractivity contribution in [2.75, 3.05) is 17.3 Å². The minimum absolute atomic E-state index is 0.201. The van der Waals surface area contributed by atoms with E-state index in [1.54, 1.807) is 30.5 Å². The Balaban J connectivity index is 1.39. The SMILES string of the molecule is Cc1ccc(Oc2ccc(Nc3ncnc4ccc(-c5ccc(C(N)CS(C)(=O)=O)o5)cc34)cc2Cl)cn1. The smallest absolute Gasteiger partial charge is 0.149 e. The number of ether oxygens (including phenoxy) is 1. The lowest BCUT2D eigenvalue weighted by Crippen LogP contribution is -2.20. The van der Waals surface area contributed by atoms with Gasteiger partial charge in [0, 0.05) is 28.6 Å². The largest absolute Gasteiger partial charge is 0.459 e. The second kappa shape index (κ2) is 10.4. The minimum atomic E-state index is -3.24. The molecule has 1 unspecified atom stereocenters. The zero-order chi connectivity index (χ0) is 26.9. The molecule has 0 bridgehead atoms. The molecular weight excluding hydrogens is 526 g/mol. The van der Waals surface area contributed by atoms with Gasteiger partial charge in [-0.1, -0.05) is 11.6 Å². The van der Waals surface area contributed by atoms with E-state index in [1.807, 2.05) is 43.3 Å². The van der Waals surface area contributed by atoms with Crippen molar-refractivity contribution in [1.29, 1.82) is 0 Å². The number of hydrogen-bond acceptors (Lipinski definition) is 9. The standard InChI is InChI=1S/C27H24ClN5O4S/c1-16-3-6-19(13-30-16)36-25-8-5-18(12-21(25)28)33-27-20-11-17(4-7-23(20)31-15-32-27)24-9-10-26(37-24)22(29)14-38(2,34)35/h3-13,15,22H,14,29H2,1-2H3,(H,31,32,33). The van der Waals surface area contributed by atoms with E-state index in [0.29, 0.717) is 39.5 Å². The Hall–Kier alpha value is -3.99. The van der Waals surface area contributed by atoms with E-state index < -0.39 is 15.9 Å². The predicted molar refractivity (Wildman–Crippen MR) is 148 cm³/mol. The van der Waals surface area contributed by atoms with Crippen LogP contribution in [-0.2, 0) is 9.84 Å². The third-order valence-electron chi connectivity index (χ3n) is 5.70. The Labute approximate surface area is 224 Å². The van der Waals surface area contributed by atoms with E-state index in [-0.39, 0.29) is 5.75 Å². The summed E-state index contributed by atoms with van der Waals surface area (Å²) in [7, 11) is -3.24. The maximum atomic E-state index is 11.6. The fraction of sp³-hybridized carbons (Fsp3) is 0.148. The Morgan fingerprint density at radius 1 is 1.05 bits per heavy atom. The number of aromatic nitrogens is 3. The summed E-state index contributed by atoms with van der Waals surface area (Å²) >= 11 is 6.49. The third-order valence-corrected chi connectivity index (χ3v) is 6.96. The number of anilines is 2. The fourth-order valence-corrected chi connectivity index (χ4v) is 4.90. The number of sulfone groups is 1. The quantitative estimate of drug-likeness (QED) is 0.245. The van der Waals surface area contributed by atoms with Gasteiger partial charge in [0.05, 0.1) is 28.5 Å². The minimum Gasteiger partial charge on any atom is -0.459 e. The van der Waals surface area contributed by atoms with Gasteiger partial charge in [-0.05, 0) is 67.6 Å². The van der Waals surface area contributed by atoms with Crippen LogP contribution in [0.4, 0.5) is 11.5 Å². The number of nitrogens with two attached hydrogens (primary N) is 1. The fourth-order valence-electron chi connectivity index (χ4n) is 3.86. The number of benzene rings is 2. The second-order valence-electron chi connectivity index (χ2n) is 8.86. The summed E-state index contributed by atoms with van der Waals surface area (Å²) in [5.74, 6) is 2.41. The molecular formula is C27H24ClN5O4S. The lowest BCUT2D eigenvalue weighted by molar-refractivity contribution is 0.480. The normalized spacial score (nSPS) is 12.4. The molecule has 0 saturated heterocycles. The van der Waals surface area contributed by atoms with E-state index in [2.05, 4.69) is 20.3 Å². The average molecular weight is 550 g/mol. The highest BCUT2D eigenvalue weighted by atomic mass is 35.5. The number of hydrogen-bond donors (Lipinski definition) is 2. The van der Waals surface area contributed by atoms with Crippen molar-refractivity contribution in [2.45, 2.75) is 13.0 Å². The highest BCUT2D eigenvalue weighted by Gasteiger charge is 2.18. The van der Waals surface area contributed by atoms with Gasteiger partial charge in [-0.2, -0.15) is 0 Å². The Morgan fingerprint density at radius 2 is 1.89 bits per heavy atom. The van der Waals surface area contributed by atoms with Crippen LogP contribution in [0.25, 0.3) is 22.2 Å². The summed E-state index contributed by atoms with van der Waals surface area (Å²) < 4.78 is 34.9. The number of halogens is 1. The molecule has 1 atom stereocenters. The molecule has 38 heavy (non-hydrogen) atoms. The molecule has 0 fully saturated rings. The van der Waals surface area contributed by atoms with Crippen LogP contribution in [0, 0.1) is 6.92 Å². The van der Waals surface area contributed by atoms with Crippen LogP contribution in [-0.4, -0.2) is 35.4 Å². The van der Waals surface area contributed by atoms with Gasteiger partial charge in [0.25, 0.3) is 0 Å². The van der Waals surface area contributed by atoms with Crippen LogP contribution in [0.2, 0.25) is 5.02 Å². The zero-order valence-corrected chi connectivity index (χ0v) is 22.1. The molecule has 3 N–H and O–H groups in total. The maximum Gasteiger partial charge on any atom is 0.149 e. The van der Waals surface area contributed by atoms with Crippen molar-refractivity contribution in [3.63, 3.8) is 0 Å². The number of fused-ring (bicyclic) bond motifs is 1. The number of nitrogens with zero attached hydrogens (tertiary/aromatic N) is 3. The van der Waals surface area contributed by atoms with Crippen molar-refractivity contribution in [1.82, 2.24) is 15.0 Å². The molecule has 0 spiro atoms. The molecule has 11 heteroatoms. The maximum absolute atomic E-state index is 11.6. The number of pyridine rings is 1.